The normalized spacial score (nSPS) is 15.9. The van der Waals surface area contributed by atoms with E-state index in [1.54, 1.807) is 0 Å². The molecule has 0 spiro atoms. The van der Waals surface area contributed by atoms with E-state index in [0.717, 1.165) is 17.9 Å². The van der Waals surface area contributed by atoms with Gasteiger partial charge in [0, 0.05) is 11.6 Å². The van der Waals surface area contributed by atoms with Gasteiger partial charge in [-0.15, -0.1) is 0 Å². The molecule has 0 saturated heterocycles. The molecule has 0 saturated carbocycles. The van der Waals surface area contributed by atoms with Crippen LogP contribution in [-0.4, -0.2) is 7.05 Å². The smallest absolute Gasteiger partial charge is 0.105 e. The fourth-order valence-electron chi connectivity index (χ4n) is 2.10. The van der Waals surface area contributed by atoms with Crippen molar-refractivity contribution in [2.75, 3.05) is 7.05 Å². The zero-order chi connectivity index (χ0) is 13.2. The maximum absolute atomic E-state index is 5.62. The minimum absolute atomic E-state index is 0.349. The Hall–Kier alpha value is -0.760. The fourth-order valence-corrected chi connectivity index (χ4v) is 2.10. The molecule has 0 aliphatic heterocycles. The molecule has 0 aliphatic rings. The summed E-state index contributed by atoms with van der Waals surface area (Å²) in [7, 11) is 2.03. The highest BCUT2D eigenvalue weighted by Gasteiger charge is 2.25. The van der Waals surface area contributed by atoms with Crippen molar-refractivity contribution in [3.05, 3.63) is 23.2 Å². The van der Waals surface area contributed by atoms with Crippen LogP contribution in [0.3, 0.4) is 0 Å². The molecule has 2 nitrogen and oxygen atoms in total. The molecule has 0 aliphatic carbocycles. The van der Waals surface area contributed by atoms with E-state index in [2.05, 4.69) is 46.0 Å². The first-order chi connectivity index (χ1) is 7.75. The van der Waals surface area contributed by atoms with Gasteiger partial charge < -0.3 is 9.73 Å². The second-order valence-electron chi connectivity index (χ2n) is 6.21. The van der Waals surface area contributed by atoms with E-state index in [4.69, 9.17) is 4.42 Å². The summed E-state index contributed by atoms with van der Waals surface area (Å²) < 4.78 is 5.62. The lowest BCUT2D eigenvalue weighted by Gasteiger charge is -2.30. The number of hydrogen-bond donors (Lipinski definition) is 1. The zero-order valence-corrected chi connectivity index (χ0v) is 12.3. The van der Waals surface area contributed by atoms with Crippen LogP contribution in [0.5, 0.6) is 0 Å². The molecule has 0 bridgehead atoms. The third-order valence-electron chi connectivity index (χ3n) is 3.87. The number of nitrogens with one attached hydrogen (secondary N) is 1. The summed E-state index contributed by atoms with van der Waals surface area (Å²) in [5.74, 6) is 2.71. The minimum atomic E-state index is 0.349. The van der Waals surface area contributed by atoms with E-state index in [1.807, 2.05) is 14.0 Å². The predicted molar refractivity (Wildman–Crippen MR) is 73.2 cm³/mol. The average molecular weight is 237 g/mol. The van der Waals surface area contributed by atoms with Crippen LogP contribution in [0.2, 0.25) is 0 Å². The molecule has 1 heterocycles. The highest BCUT2D eigenvalue weighted by Crippen LogP contribution is 2.34. The molecule has 2 unspecified atom stereocenters. The van der Waals surface area contributed by atoms with Gasteiger partial charge in [0.2, 0.25) is 0 Å². The van der Waals surface area contributed by atoms with Gasteiger partial charge in [-0.1, -0.05) is 27.7 Å². The minimum Gasteiger partial charge on any atom is -0.466 e. The van der Waals surface area contributed by atoms with Crippen molar-refractivity contribution in [2.45, 2.75) is 54.0 Å². The van der Waals surface area contributed by atoms with E-state index < -0.39 is 0 Å². The highest BCUT2D eigenvalue weighted by atomic mass is 16.3. The summed E-state index contributed by atoms with van der Waals surface area (Å²) in [6.45, 7) is 13.3. The van der Waals surface area contributed by atoms with Crippen LogP contribution in [0, 0.1) is 25.2 Å². The van der Waals surface area contributed by atoms with E-state index >= 15 is 0 Å². The summed E-state index contributed by atoms with van der Waals surface area (Å²) in [6, 6.07) is 2.55. The average Bonchev–Trinajstić information content (AvgIpc) is 2.52. The van der Waals surface area contributed by atoms with Gasteiger partial charge in [-0.2, -0.15) is 0 Å². The molecule has 1 aromatic heterocycles. The monoisotopic (exact) mass is 237 g/mol. The van der Waals surface area contributed by atoms with Gasteiger partial charge >= 0.3 is 0 Å². The molecule has 2 heteroatoms. The third-order valence-corrected chi connectivity index (χ3v) is 3.87. The van der Waals surface area contributed by atoms with E-state index in [9.17, 15) is 0 Å². The van der Waals surface area contributed by atoms with Gasteiger partial charge in [0.1, 0.15) is 11.5 Å². The predicted octanol–water partition coefficient (Wildman–Crippen LogP) is 4.23. The second kappa shape index (κ2) is 5.26. The lowest BCUT2D eigenvalue weighted by molar-refractivity contribution is 0.225. The van der Waals surface area contributed by atoms with Gasteiger partial charge in [-0.25, -0.2) is 0 Å². The van der Waals surface area contributed by atoms with Crippen LogP contribution in [0.25, 0.3) is 0 Å². The second-order valence-corrected chi connectivity index (χ2v) is 6.21. The van der Waals surface area contributed by atoms with Gasteiger partial charge in [0.05, 0.1) is 0 Å². The summed E-state index contributed by atoms with van der Waals surface area (Å²) >= 11 is 0. The summed E-state index contributed by atoms with van der Waals surface area (Å²) in [5.41, 5.74) is 1.66. The quantitative estimate of drug-likeness (QED) is 0.847. The summed E-state index contributed by atoms with van der Waals surface area (Å²) in [6.07, 6.45) is 1.14. The first-order valence-electron chi connectivity index (χ1n) is 6.50. The molecular weight excluding hydrogens is 210 g/mol. The van der Waals surface area contributed by atoms with Gasteiger partial charge in [-0.05, 0) is 44.7 Å². The Kier molecular flexibility index (Phi) is 4.42. The Morgan fingerprint density at radius 3 is 2.24 bits per heavy atom. The first kappa shape index (κ1) is 14.3. The number of rotatable bonds is 4. The van der Waals surface area contributed by atoms with Gasteiger partial charge in [0.15, 0.2) is 0 Å². The number of furan rings is 1. The fraction of sp³-hybridized carbons (Fsp3) is 0.733. The number of hydrogen-bond acceptors (Lipinski definition) is 2. The van der Waals surface area contributed by atoms with Crippen molar-refractivity contribution in [2.24, 2.45) is 11.3 Å². The van der Waals surface area contributed by atoms with Crippen LogP contribution in [0.1, 0.15) is 57.2 Å². The summed E-state index contributed by atoms with van der Waals surface area (Å²) in [4.78, 5) is 0. The maximum Gasteiger partial charge on any atom is 0.105 e. The van der Waals surface area contributed by atoms with Crippen molar-refractivity contribution in [1.29, 1.82) is 0 Å². The van der Waals surface area contributed by atoms with Crippen molar-refractivity contribution in [3.8, 4) is 0 Å². The molecule has 2 atom stereocenters. The highest BCUT2D eigenvalue weighted by molar-refractivity contribution is 5.24. The lowest BCUT2D eigenvalue weighted by atomic mass is 9.77. The van der Waals surface area contributed by atoms with Gasteiger partial charge in [-0.3, -0.25) is 0 Å². The van der Waals surface area contributed by atoms with Crippen LogP contribution in [0.4, 0.5) is 0 Å². The topological polar surface area (TPSA) is 25.2 Å². The largest absolute Gasteiger partial charge is 0.466 e. The van der Waals surface area contributed by atoms with E-state index in [1.165, 1.54) is 5.56 Å². The molecule has 1 N–H and O–H groups in total. The molecule has 0 radical (unpaired) electrons. The Bertz CT molecular complexity index is 359. The first-order valence-corrected chi connectivity index (χ1v) is 6.50. The summed E-state index contributed by atoms with van der Waals surface area (Å²) in [5, 5.41) is 3.42. The van der Waals surface area contributed by atoms with Crippen LogP contribution < -0.4 is 5.32 Å². The standard InChI is InChI=1S/C15H27NO/c1-10(15(4,5)6)8-14(16-7)13-9-11(2)17-12(13)3/h9-10,14,16H,8H2,1-7H3. The van der Waals surface area contributed by atoms with Gasteiger partial charge in [0.25, 0.3) is 0 Å². The van der Waals surface area contributed by atoms with Crippen LogP contribution in [-0.2, 0) is 0 Å². The van der Waals surface area contributed by atoms with Crippen molar-refractivity contribution < 1.29 is 4.42 Å². The molecule has 17 heavy (non-hydrogen) atoms. The Morgan fingerprint density at radius 2 is 1.88 bits per heavy atom. The molecule has 1 aromatic rings. The molecule has 0 fully saturated rings. The van der Waals surface area contributed by atoms with Crippen LogP contribution in [0.15, 0.2) is 10.5 Å². The van der Waals surface area contributed by atoms with Crippen molar-refractivity contribution >= 4 is 0 Å². The molecule has 1 rings (SSSR count). The maximum atomic E-state index is 5.62. The molecule has 0 amide bonds. The van der Waals surface area contributed by atoms with E-state index in [-0.39, 0.29) is 0 Å². The van der Waals surface area contributed by atoms with E-state index in [0.29, 0.717) is 17.4 Å². The molecule has 98 valence electrons. The molecule has 0 aromatic carbocycles. The zero-order valence-electron chi connectivity index (χ0n) is 12.3. The molecular formula is C15H27NO. The van der Waals surface area contributed by atoms with Crippen molar-refractivity contribution in [1.82, 2.24) is 5.32 Å². The Labute approximate surface area is 106 Å². The lowest BCUT2D eigenvalue weighted by Crippen LogP contribution is -2.25. The van der Waals surface area contributed by atoms with Crippen molar-refractivity contribution in [3.63, 3.8) is 0 Å². The van der Waals surface area contributed by atoms with Crippen LogP contribution >= 0.6 is 0 Å². The Balaban J connectivity index is 2.83. The number of aryl methyl sites for hydroxylation is 2. The Morgan fingerprint density at radius 1 is 1.29 bits per heavy atom. The SMILES string of the molecule is CNC(CC(C)C(C)(C)C)c1cc(C)oc1C. The third kappa shape index (κ3) is 3.60.